The van der Waals surface area contributed by atoms with Gasteiger partial charge in [0.2, 0.25) is 21.8 Å². The Bertz CT molecular complexity index is 1650. The molecule has 1 aliphatic heterocycles. The first-order chi connectivity index (χ1) is 21.3. The minimum Gasteiger partial charge on any atom is -0.350 e. The van der Waals surface area contributed by atoms with Gasteiger partial charge in [0, 0.05) is 50.0 Å². The lowest BCUT2D eigenvalue weighted by Crippen LogP contribution is -2.43. The Hall–Kier alpha value is -4.05. The van der Waals surface area contributed by atoms with Crippen LogP contribution in [0.25, 0.3) is 0 Å². The van der Waals surface area contributed by atoms with Gasteiger partial charge >= 0.3 is 0 Å². The van der Waals surface area contributed by atoms with Crippen LogP contribution in [0.5, 0.6) is 0 Å². The largest absolute Gasteiger partial charge is 0.350 e. The molecule has 1 saturated heterocycles. The van der Waals surface area contributed by atoms with Crippen molar-refractivity contribution in [2.75, 3.05) is 13.1 Å². The molecule has 2 amide bonds. The van der Waals surface area contributed by atoms with Crippen molar-refractivity contribution >= 4 is 33.4 Å². The molecule has 0 unspecified atom stereocenters. The highest BCUT2D eigenvalue weighted by Crippen LogP contribution is 2.26. The van der Waals surface area contributed by atoms with E-state index in [0.29, 0.717) is 36.6 Å². The van der Waals surface area contributed by atoms with Crippen molar-refractivity contribution in [3.63, 3.8) is 0 Å². The van der Waals surface area contributed by atoms with Crippen molar-refractivity contribution in [1.82, 2.24) is 19.5 Å². The van der Waals surface area contributed by atoms with Crippen LogP contribution in [0.1, 0.15) is 47.6 Å². The molecule has 0 aliphatic carbocycles. The molecular formula is C34H35ClN4O4S. The maximum Gasteiger partial charge on any atom is 0.247 e. The number of hydrogen-bond donors (Lipinski definition) is 1. The van der Waals surface area contributed by atoms with Crippen LogP contribution in [0.4, 0.5) is 0 Å². The summed E-state index contributed by atoms with van der Waals surface area (Å²) in [6.07, 6.45) is 5.60. The minimum absolute atomic E-state index is 0.132. The number of carbonyl (C=O) groups excluding carboxylic acids is 2. The third kappa shape index (κ3) is 7.91. The van der Waals surface area contributed by atoms with Gasteiger partial charge in [-0.3, -0.25) is 14.6 Å². The predicted octanol–water partition coefficient (Wildman–Crippen LogP) is 5.54. The quantitative estimate of drug-likeness (QED) is 0.222. The lowest BCUT2D eigenvalue weighted by atomic mass is 10.0. The van der Waals surface area contributed by atoms with Crippen LogP contribution in [0.15, 0.2) is 108 Å². The molecular weight excluding hydrogens is 596 g/mol. The molecule has 1 atom stereocenters. The molecule has 228 valence electrons. The maximum absolute atomic E-state index is 14.0. The lowest BCUT2D eigenvalue weighted by molar-refractivity contribution is -0.141. The Labute approximate surface area is 263 Å². The number of amides is 2. The minimum atomic E-state index is -3.51. The number of benzene rings is 3. The molecule has 8 nitrogen and oxygen atoms in total. The first-order valence-electron chi connectivity index (χ1n) is 14.7. The molecule has 0 saturated carbocycles. The fourth-order valence-corrected chi connectivity index (χ4v) is 6.95. The Morgan fingerprint density at radius 3 is 2.14 bits per heavy atom. The van der Waals surface area contributed by atoms with E-state index in [4.69, 9.17) is 11.6 Å². The summed E-state index contributed by atoms with van der Waals surface area (Å²) < 4.78 is 27.4. The summed E-state index contributed by atoms with van der Waals surface area (Å²) in [5, 5.41) is 3.58. The second-order valence-corrected chi connectivity index (χ2v) is 13.2. The highest BCUT2D eigenvalue weighted by Gasteiger charge is 2.31. The van der Waals surface area contributed by atoms with Crippen LogP contribution < -0.4 is 5.32 Å². The van der Waals surface area contributed by atoms with Crippen LogP contribution in [-0.4, -0.2) is 47.5 Å². The highest BCUT2D eigenvalue weighted by molar-refractivity contribution is 7.89. The summed E-state index contributed by atoms with van der Waals surface area (Å²) in [6.45, 7) is 1.58. The van der Waals surface area contributed by atoms with Crippen LogP contribution in [-0.2, 0) is 39.1 Å². The number of halogens is 1. The second-order valence-electron chi connectivity index (χ2n) is 10.8. The number of hydrogen-bond acceptors (Lipinski definition) is 5. The van der Waals surface area contributed by atoms with Crippen molar-refractivity contribution < 1.29 is 18.0 Å². The van der Waals surface area contributed by atoms with Crippen LogP contribution in [0.3, 0.4) is 0 Å². The summed E-state index contributed by atoms with van der Waals surface area (Å²) in [5.41, 5.74) is 3.26. The topological polar surface area (TPSA) is 99.7 Å². The fourth-order valence-electron chi connectivity index (χ4n) is 5.31. The standard InChI is InChI=1S/C34H35ClN4O4S/c35-30-13-8-28(9-14-30)25-39(33(29-6-2-1-3-7-29)34(41)37-24-27-18-20-36-21-19-27)32(40)17-12-26-10-15-31(16-11-26)44(42,43)38-22-4-5-23-38/h1-3,6-11,13-16,18-21,33H,4-5,12,17,22-25H2,(H,37,41)/t33-/m0/s1. The van der Waals surface area contributed by atoms with Crippen LogP contribution in [0.2, 0.25) is 5.02 Å². The van der Waals surface area contributed by atoms with E-state index in [1.54, 1.807) is 53.7 Å². The average Bonchev–Trinajstić information content (AvgIpc) is 3.61. The van der Waals surface area contributed by atoms with E-state index in [1.807, 2.05) is 54.6 Å². The van der Waals surface area contributed by atoms with Gasteiger partial charge in [-0.25, -0.2) is 8.42 Å². The monoisotopic (exact) mass is 630 g/mol. The van der Waals surface area contributed by atoms with E-state index < -0.39 is 16.1 Å². The number of nitrogens with zero attached hydrogens (tertiary/aromatic N) is 3. The molecule has 10 heteroatoms. The number of aromatic nitrogens is 1. The third-order valence-electron chi connectivity index (χ3n) is 7.73. The number of aryl methyl sites for hydroxylation is 1. The van der Waals surface area contributed by atoms with E-state index in [1.165, 1.54) is 4.31 Å². The van der Waals surface area contributed by atoms with Gasteiger partial charge in [0.25, 0.3) is 0 Å². The molecule has 3 aromatic carbocycles. The number of carbonyl (C=O) groups is 2. The van der Waals surface area contributed by atoms with E-state index in [-0.39, 0.29) is 29.7 Å². The summed E-state index contributed by atoms with van der Waals surface area (Å²) in [6, 6.07) is 26.0. The fraction of sp³-hybridized carbons (Fsp3) is 0.265. The van der Waals surface area contributed by atoms with Gasteiger partial charge in [-0.1, -0.05) is 66.2 Å². The number of nitrogens with one attached hydrogen (secondary N) is 1. The Morgan fingerprint density at radius 1 is 0.841 bits per heavy atom. The van der Waals surface area contributed by atoms with Crippen molar-refractivity contribution in [3.8, 4) is 0 Å². The first kappa shape index (κ1) is 31.4. The van der Waals surface area contributed by atoms with Gasteiger partial charge in [-0.05, 0) is 77.9 Å². The zero-order valence-corrected chi connectivity index (χ0v) is 25.9. The second kappa shape index (κ2) is 14.6. The molecule has 2 heterocycles. The summed E-state index contributed by atoms with van der Waals surface area (Å²) >= 11 is 6.12. The number of sulfonamides is 1. The predicted molar refractivity (Wildman–Crippen MR) is 170 cm³/mol. The van der Waals surface area contributed by atoms with Crippen molar-refractivity contribution in [3.05, 3.63) is 131 Å². The smallest absolute Gasteiger partial charge is 0.247 e. The Morgan fingerprint density at radius 2 is 1.48 bits per heavy atom. The molecule has 4 aromatic rings. The van der Waals surface area contributed by atoms with Gasteiger partial charge in [0.05, 0.1) is 4.90 Å². The van der Waals surface area contributed by atoms with Gasteiger partial charge in [0.1, 0.15) is 6.04 Å². The zero-order valence-electron chi connectivity index (χ0n) is 24.3. The maximum atomic E-state index is 14.0. The molecule has 5 rings (SSSR count). The van der Waals surface area contributed by atoms with E-state index in [0.717, 1.165) is 29.5 Å². The molecule has 1 aromatic heterocycles. The van der Waals surface area contributed by atoms with E-state index in [9.17, 15) is 18.0 Å². The van der Waals surface area contributed by atoms with Crippen molar-refractivity contribution in [2.45, 2.75) is 49.7 Å². The zero-order chi connectivity index (χ0) is 30.9. The van der Waals surface area contributed by atoms with Crippen LogP contribution >= 0.6 is 11.6 Å². The molecule has 0 radical (unpaired) electrons. The summed E-state index contributed by atoms with van der Waals surface area (Å²) in [4.78, 5) is 33.7. The van der Waals surface area contributed by atoms with Gasteiger partial charge in [-0.15, -0.1) is 0 Å². The number of rotatable bonds is 12. The third-order valence-corrected chi connectivity index (χ3v) is 9.90. The highest BCUT2D eigenvalue weighted by atomic mass is 35.5. The van der Waals surface area contributed by atoms with Crippen molar-refractivity contribution in [1.29, 1.82) is 0 Å². The van der Waals surface area contributed by atoms with Gasteiger partial charge < -0.3 is 10.2 Å². The molecule has 1 fully saturated rings. The number of pyridine rings is 1. The molecule has 44 heavy (non-hydrogen) atoms. The lowest BCUT2D eigenvalue weighted by Gasteiger charge is -2.32. The van der Waals surface area contributed by atoms with E-state index in [2.05, 4.69) is 10.3 Å². The molecule has 0 spiro atoms. The summed E-state index contributed by atoms with van der Waals surface area (Å²) in [7, 11) is -3.51. The molecule has 1 aliphatic rings. The van der Waals surface area contributed by atoms with Gasteiger partial charge in [-0.2, -0.15) is 4.31 Å². The van der Waals surface area contributed by atoms with E-state index >= 15 is 0 Å². The SMILES string of the molecule is O=C(NCc1ccncc1)[C@H](c1ccccc1)N(Cc1ccc(Cl)cc1)C(=O)CCc1ccc(S(=O)(=O)N2CCCC2)cc1. The summed E-state index contributed by atoms with van der Waals surface area (Å²) in [5.74, 6) is -0.506. The first-order valence-corrected chi connectivity index (χ1v) is 16.5. The van der Waals surface area contributed by atoms with Gasteiger partial charge in [0.15, 0.2) is 0 Å². The molecule has 1 N–H and O–H groups in total. The van der Waals surface area contributed by atoms with Crippen LogP contribution in [0, 0.1) is 0 Å². The Balaban J connectivity index is 1.37. The Kier molecular flexibility index (Phi) is 10.4. The average molecular weight is 631 g/mol. The normalized spacial score (nSPS) is 14.2. The molecule has 0 bridgehead atoms. The van der Waals surface area contributed by atoms with Crippen molar-refractivity contribution in [2.24, 2.45) is 0 Å².